The standard InChI is InChI=1S/C19H15F6N3O2/c20-18(21,22)15-5-4-12(11-26)16(27-15)28-8-6-17(29,7-9-28)13-2-1-3-14(10-13)30-19(23,24)25/h1-5,10,29H,6-9H2. The predicted molar refractivity (Wildman–Crippen MR) is 92.4 cm³/mol. The van der Waals surface area contributed by atoms with Gasteiger partial charge in [-0.1, -0.05) is 12.1 Å². The van der Waals surface area contributed by atoms with Crippen LogP contribution < -0.4 is 9.64 Å². The van der Waals surface area contributed by atoms with Gasteiger partial charge in [-0.3, -0.25) is 0 Å². The van der Waals surface area contributed by atoms with E-state index >= 15 is 0 Å². The van der Waals surface area contributed by atoms with Crippen LogP contribution in [-0.4, -0.2) is 29.5 Å². The van der Waals surface area contributed by atoms with E-state index < -0.39 is 29.6 Å². The third-order valence-corrected chi connectivity index (χ3v) is 4.78. The van der Waals surface area contributed by atoms with E-state index in [0.717, 1.165) is 18.2 Å². The monoisotopic (exact) mass is 431 g/mol. The lowest BCUT2D eigenvalue weighted by atomic mass is 9.84. The van der Waals surface area contributed by atoms with Crippen LogP contribution in [0.4, 0.5) is 32.2 Å². The Balaban J connectivity index is 1.81. The zero-order valence-electron chi connectivity index (χ0n) is 15.3. The minimum absolute atomic E-state index is 0.00522. The van der Waals surface area contributed by atoms with Crippen molar-refractivity contribution in [1.82, 2.24) is 4.98 Å². The maximum Gasteiger partial charge on any atom is 0.573 e. The second-order valence-electron chi connectivity index (χ2n) is 6.77. The van der Waals surface area contributed by atoms with Crippen LogP contribution in [0.25, 0.3) is 0 Å². The molecule has 1 aromatic heterocycles. The van der Waals surface area contributed by atoms with Crippen molar-refractivity contribution in [3.8, 4) is 11.8 Å². The zero-order chi connectivity index (χ0) is 22.2. The van der Waals surface area contributed by atoms with Gasteiger partial charge in [-0.05, 0) is 42.7 Å². The average molecular weight is 431 g/mol. The number of anilines is 1. The number of pyridine rings is 1. The van der Waals surface area contributed by atoms with Crippen molar-refractivity contribution in [3.05, 3.63) is 53.2 Å². The molecule has 30 heavy (non-hydrogen) atoms. The lowest BCUT2D eigenvalue weighted by molar-refractivity contribution is -0.274. The molecule has 0 saturated carbocycles. The van der Waals surface area contributed by atoms with Gasteiger partial charge in [0.1, 0.15) is 23.3 Å². The van der Waals surface area contributed by atoms with E-state index in [1.54, 1.807) is 6.07 Å². The van der Waals surface area contributed by atoms with Crippen LogP contribution in [0.1, 0.15) is 29.7 Å². The first kappa shape index (κ1) is 21.7. The van der Waals surface area contributed by atoms with Gasteiger partial charge in [-0.2, -0.15) is 18.4 Å². The summed E-state index contributed by atoms with van der Waals surface area (Å²) in [5.41, 5.74) is -2.50. The first-order valence-corrected chi connectivity index (χ1v) is 8.73. The molecular formula is C19H15F6N3O2. The van der Waals surface area contributed by atoms with Gasteiger partial charge in [0, 0.05) is 13.1 Å². The molecule has 1 aliphatic rings. The molecule has 1 N–H and O–H groups in total. The molecular weight excluding hydrogens is 416 g/mol. The highest BCUT2D eigenvalue weighted by molar-refractivity contribution is 5.55. The summed E-state index contributed by atoms with van der Waals surface area (Å²) < 4.78 is 80.1. The molecule has 1 aliphatic heterocycles. The first-order valence-electron chi connectivity index (χ1n) is 8.73. The van der Waals surface area contributed by atoms with E-state index in [-0.39, 0.29) is 42.9 Å². The quantitative estimate of drug-likeness (QED) is 0.732. The summed E-state index contributed by atoms with van der Waals surface area (Å²) in [6.45, 7) is 0.0910. The van der Waals surface area contributed by atoms with Crippen LogP contribution in [0.15, 0.2) is 36.4 Å². The smallest absolute Gasteiger partial charge is 0.406 e. The van der Waals surface area contributed by atoms with E-state index in [9.17, 15) is 36.7 Å². The van der Waals surface area contributed by atoms with Gasteiger partial charge in [0.15, 0.2) is 0 Å². The number of piperidine rings is 1. The normalized spacial score (nSPS) is 16.8. The van der Waals surface area contributed by atoms with Gasteiger partial charge in [0.2, 0.25) is 0 Å². The third kappa shape index (κ3) is 4.76. The Kier molecular flexibility index (Phi) is 5.56. The van der Waals surface area contributed by atoms with Crippen molar-refractivity contribution in [1.29, 1.82) is 5.26 Å². The molecule has 0 spiro atoms. The number of nitrogens with zero attached hydrogens (tertiary/aromatic N) is 3. The summed E-state index contributed by atoms with van der Waals surface area (Å²) in [6.07, 6.45) is -9.55. The molecule has 0 aliphatic carbocycles. The van der Waals surface area contributed by atoms with E-state index in [0.29, 0.717) is 6.07 Å². The Hall–Kier alpha value is -3.00. The molecule has 2 heterocycles. The fourth-order valence-corrected chi connectivity index (χ4v) is 3.29. The largest absolute Gasteiger partial charge is 0.573 e. The van der Waals surface area contributed by atoms with Crippen molar-refractivity contribution in [2.24, 2.45) is 0 Å². The Bertz CT molecular complexity index is 960. The Morgan fingerprint density at radius 2 is 1.73 bits per heavy atom. The number of benzene rings is 1. The number of alkyl halides is 6. The minimum Gasteiger partial charge on any atom is -0.406 e. The lowest BCUT2D eigenvalue weighted by Gasteiger charge is -2.39. The molecule has 1 saturated heterocycles. The van der Waals surface area contributed by atoms with Crippen LogP contribution in [-0.2, 0) is 11.8 Å². The molecule has 0 bridgehead atoms. The van der Waals surface area contributed by atoms with Crippen LogP contribution in [0, 0.1) is 11.3 Å². The zero-order valence-corrected chi connectivity index (χ0v) is 15.3. The molecule has 11 heteroatoms. The van der Waals surface area contributed by atoms with Crippen LogP contribution >= 0.6 is 0 Å². The summed E-state index contributed by atoms with van der Waals surface area (Å²) >= 11 is 0. The van der Waals surface area contributed by atoms with E-state index in [1.165, 1.54) is 17.0 Å². The van der Waals surface area contributed by atoms with Crippen LogP contribution in [0.2, 0.25) is 0 Å². The van der Waals surface area contributed by atoms with Gasteiger partial charge in [0.05, 0.1) is 11.2 Å². The molecule has 160 valence electrons. The molecule has 3 rings (SSSR count). The number of halogens is 6. The van der Waals surface area contributed by atoms with Gasteiger partial charge >= 0.3 is 12.5 Å². The summed E-state index contributed by atoms with van der Waals surface area (Å²) in [5.74, 6) is -0.634. The molecule has 0 atom stereocenters. The number of ether oxygens (including phenoxy) is 1. The fraction of sp³-hybridized carbons (Fsp3) is 0.368. The Morgan fingerprint density at radius 3 is 2.30 bits per heavy atom. The number of aromatic nitrogens is 1. The number of hydrogen-bond acceptors (Lipinski definition) is 5. The predicted octanol–water partition coefficient (Wildman–Crippen LogP) is 4.36. The topological polar surface area (TPSA) is 69.4 Å². The second kappa shape index (κ2) is 7.68. The van der Waals surface area contributed by atoms with Crippen molar-refractivity contribution < 1.29 is 36.2 Å². The van der Waals surface area contributed by atoms with Gasteiger partial charge < -0.3 is 14.7 Å². The molecule has 5 nitrogen and oxygen atoms in total. The third-order valence-electron chi connectivity index (χ3n) is 4.78. The van der Waals surface area contributed by atoms with Gasteiger partial charge in [-0.15, -0.1) is 13.2 Å². The van der Waals surface area contributed by atoms with Gasteiger partial charge in [-0.25, -0.2) is 4.98 Å². The van der Waals surface area contributed by atoms with Crippen LogP contribution in [0.5, 0.6) is 5.75 Å². The lowest BCUT2D eigenvalue weighted by Crippen LogP contribution is -2.43. The van der Waals surface area contributed by atoms with Crippen LogP contribution in [0.3, 0.4) is 0 Å². The molecule has 1 aromatic carbocycles. The summed E-state index contributed by atoms with van der Waals surface area (Å²) in [4.78, 5) is 5.01. The fourth-order valence-electron chi connectivity index (χ4n) is 3.29. The minimum atomic E-state index is -4.88. The van der Waals surface area contributed by atoms with Crippen molar-refractivity contribution in [2.45, 2.75) is 31.0 Å². The molecule has 1 fully saturated rings. The highest BCUT2D eigenvalue weighted by Gasteiger charge is 2.38. The molecule has 0 unspecified atom stereocenters. The SMILES string of the molecule is N#Cc1ccc(C(F)(F)F)nc1N1CCC(O)(c2cccc(OC(F)(F)F)c2)CC1. The maximum absolute atomic E-state index is 13.0. The maximum atomic E-state index is 13.0. The van der Waals surface area contributed by atoms with Crippen molar-refractivity contribution >= 4 is 5.82 Å². The Labute approximate surface area is 167 Å². The first-order chi connectivity index (χ1) is 13.9. The summed E-state index contributed by atoms with van der Waals surface area (Å²) in [6, 6.07) is 8.47. The number of hydrogen-bond donors (Lipinski definition) is 1. The number of aliphatic hydroxyl groups is 1. The highest BCUT2D eigenvalue weighted by Crippen LogP contribution is 2.38. The second-order valence-corrected chi connectivity index (χ2v) is 6.77. The highest BCUT2D eigenvalue weighted by atomic mass is 19.4. The number of nitriles is 1. The van der Waals surface area contributed by atoms with E-state index in [4.69, 9.17) is 0 Å². The summed E-state index contributed by atoms with van der Waals surface area (Å²) in [7, 11) is 0. The molecule has 0 amide bonds. The number of rotatable bonds is 3. The van der Waals surface area contributed by atoms with Crippen molar-refractivity contribution in [3.63, 3.8) is 0 Å². The van der Waals surface area contributed by atoms with E-state index in [1.807, 2.05) is 0 Å². The Morgan fingerprint density at radius 1 is 1.07 bits per heavy atom. The molecule has 0 radical (unpaired) electrons. The molecule has 2 aromatic rings. The average Bonchev–Trinajstić information content (AvgIpc) is 2.66. The van der Waals surface area contributed by atoms with Crippen molar-refractivity contribution in [2.75, 3.05) is 18.0 Å². The summed E-state index contributed by atoms with van der Waals surface area (Å²) in [5, 5.41) is 20.1. The van der Waals surface area contributed by atoms with E-state index in [2.05, 4.69) is 9.72 Å². The van der Waals surface area contributed by atoms with Gasteiger partial charge in [0.25, 0.3) is 0 Å².